The zero-order valence-corrected chi connectivity index (χ0v) is 14.5. The Labute approximate surface area is 152 Å². The maximum atomic E-state index is 11.6. The van der Waals surface area contributed by atoms with Crippen molar-refractivity contribution in [1.82, 2.24) is 0 Å². The van der Waals surface area contributed by atoms with Gasteiger partial charge >= 0.3 is 0 Å². The van der Waals surface area contributed by atoms with E-state index in [1.165, 1.54) is 21.3 Å². The maximum absolute atomic E-state index is 11.6. The van der Waals surface area contributed by atoms with E-state index in [0.717, 1.165) is 37.0 Å². The molecule has 0 bridgehead atoms. The van der Waals surface area contributed by atoms with Crippen molar-refractivity contribution in [3.63, 3.8) is 0 Å². The molecule has 0 radical (unpaired) electrons. The highest BCUT2D eigenvalue weighted by molar-refractivity contribution is 5.90. The van der Waals surface area contributed by atoms with Crippen LogP contribution in [0.25, 0.3) is 18.2 Å². The van der Waals surface area contributed by atoms with E-state index in [-0.39, 0.29) is 0 Å². The fourth-order valence-electron chi connectivity index (χ4n) is 2.24. The van der Waals surface area contributed by atoms with Gasteiger partial charge in [0.1, 0.15) is 16.7 Å². The van der Waals surface area contributed by atoms with Crippen molar-refractivity contribution in [2.24, 2.45) is 0 Å². The van der Waals surface area contributed by atoms with E-state index < -0.39 is 48.5 Å². The molecule has 0 saturated carbocycles. The molecule has 0 aliphatic rings. The van der Waals surface area contributed by atoms with Crippen LogP contribution >= 0.6 is 0 Å². The Kier molecular flexibility index (Phi) is 7.42. The molecule has 27 heavy (non-hydrogen) atoms. The molecule has 0 unspecified atom stereocenters. The summed E-state index contributed by atoms with van der Waals surface area (Å²) in [6, 6.07) is 0. The molecule has 0 aliphatic carbocycles. The van der Waals surface area contributed by atoms with Crippen LogP contribution in [0.2, 0.25) is 0 Å². The molecule has 0 amide bonds. The van der Waals surface area contributed by atoms with Crippen LogP contribution in [0.4, 0.5) is 17.1 Å². The summed E-state index contributed by atoms with van der Waals surface area (Å²) in [6.07, 6.45) is 5.88. The summed E-state index contributed by atoms with van der Waals surface area (Å²) in [7, 11) is 3.70. The molecule has 12 nitrogen and oxygen atoms in total. The van der Waals surface area contributed by atoms with E-state index in [2.05, 4.69) is 14.2 Å². The zero-order chi connectivity index (χ0) is 20.6. The average Bonchev–Trinajstić information content (AvgIpc) is 2.60. The minimum atomic E-state index is -0.950. The average molecular weight is 381 g/mol. The van der Waals surface area contributed by atoms with Gasteiger partial charge < -0.3 is 14.2 Å². The minimum absolute atomic E-state index is 0.482. The molecule has 1 aromatic rings. The first-order valence-electron chi connectivity index (χ1n) is 7.06. The third-order valence-corrected chi connectivity index (χ3v) is 3.19. The van der Waals surface area contributed by atoms with Crippen molar-refractivity contribution in [2.75, 3.05) is 21.3 Å². The zero-order valence-electron chi connectivity index (χ0n) is 14.5. The molecule has 144 valence electrons. The standard InChI is InChI=1S/C15H15N3O9/c1-25-7-4-10-13(16(19)20)11(5-8-26-2)15(18(23)24)12(6-9-27-3)14(10)17(21)22/h4-9H,1-3H3/b7-4+,8-5+,9-6+. The van der Waals surface area contributed by atoms with Crippen LogP contribution < -0.4 is 0 Å². The van der Waals surface area contributed by atoms with Crippen LogP contribution in [0.1, 0.15) is 16.7 Å². The lowest BCUT2D eigenvalue weighted by atomic mass is 9.96. The second-order valence-corrected chi connectivity index (χ2v) is 4.67. The van der Waals surface area contributed by atoms with E-state index in [0.29, 0.717) is 0 Å². The molecule has 0 heterocycles. The topological polar surface area (TPSA) is 157 Å². The molecular formula is C15H15N3O9. The Morgan fingerprint density at radius 3 is 0.963 bits per heavy atom. The van der Waals surface area contributed by atoms with E-state index in [9.17, 15) is 30.3 Å². The lowest BCUT2D eigenvalue weighted by molar-refractivity contribution is -0.403. The second-order valence-electron chi connectivity index (χ2n) is 4.67. The smallest absolute Gasteiger partial charge is 0.297 e. The highest BCUT2D eigenvalue weighted by Gasteiger charge is 2.39. The van der Waals surface area contributed by atoms with E-state index in [4.69, 9.17) is 0 Å². The van der Waals surface area contributed by atoms with Crippen LogP contribution in [-0.4, -0.2) is 36.1 Å². The van der Waals surface area contributed by atoms with Gasteiger partial charge in [-0.2, -0.15) is 0 Å². The number of ether oxygens (including phenoxy) is 3. The fourth-order valence-corrected chi connectivity index (χ4v) is 2.24. The van der Waals surface area contributed by atoms with Gasteiger partial charge in [0.15, 0.2) is 0 Å². The summed E-state index contributed by atoms with van der Waals surface area (Å²) < 4.78 is 14.1. The molecule has 0 spiro atoms. The van der Waals surface area contributed by atoms with Crippen LogP contribution in [0.5, 0.6) is 0 Å². The molecule has 0 atom stereocenters. The second kappa shape index (κ2) is 9.50. The largest absolute Gasteiger partial charge is 0.504 e. The predicted octanol–water partition coefficient (Wildman–Crippen LogP) is 3.26. The first-order chi connectivity index (χ1) is 12.8. The number of nitro benzene ring substituents is 3. The number of nitrogens with zero attached hydrogens (tertiary/aromatic N) is 3. The Balaban J connectivity index is 4.29. The van der Waals surface area contributed by atoms with Gasteiger partial charge in [0, 0.05) is 0 Å². The molecular weight excluding hydrogens is 366 g/mol. The van der Waals surface area contributed by atoms with E-state index in [1.807, 2.05) is 0 Å². The highest BCUT2D eigenvalue weighted by Crippen LogP contribution is 2.45. The van der Waals surface area contributed by atoms with Crippen LogP contribution in [0, 0.1) is 30.3 Å². The van der Waals surface area contributed by atoms with Gasteiger partial charge in [-0.05, 0) is 18.2 Å². The normalized spacial score (nSPS) is 11.2. The van der Waals surface area contributed by atoms with Crippen molar-refractivity contribution in [1.29, 1.82) is 0 Å². The summed E-state index contributed by atoms with van der Waals surface area (Å²) in [5.41, 5.74) is -3.98. The monoisotopic (exact) mass is 381 g/mol. The van der Waals surface area contributed by atoms with Crippen molar-refractivity contribution in [3.8, 4) is 0 Å². The Morgan fingerprint density at radius 1 is 0.593 bits per heavy atom. The van der Waals surface area contributed by atoms with Gasteiger partial charge in [-0.25, -0.2) is 0 Å². The summed E-state index contributed by atoms with van der Waals surface area (Å²) in [6.45, 7) is 0. The first-order valence-corrected chi connectivity index (χ1v) is 7.06. The molecule has 0 N–H and O–H groups in total. The van der Waals surface area contributed by atoms with E-state index in [1.54, 1.807) is 0 Å². The van der Waals surface area contributed by atoms with Crippen molar-refractivity contribution >= 4 is 35.3 Å². The molecule has 1 aromatic carbocycles. The van der Waals surface area contributed by atoms with Gasteiger partial charge in [0.05, 0.1) is 54.9 Å². The Morgan fingerprint density at radius 2 is 0.815 bits per heavy atom. The van der Waals surface area contributed by atoms with Crippen LogP contribution in [0.15, 0.2) is 18.8 Å². The van der Waals surface area contributed by atoms with Gasteiger partial charge in [0.25, 0.3) is 17.1 Å². The van der Waals surface area contributed by atoms with E-state index >= 15 is 0 Å². The van der Waals surface area contributed by atoms with Crippen LogP contribution in [-0.2, 0) is 14.2 Å². The number of nitro groups is 3. The number of hydrogen-bond acceptors (Lipinski definition) is 9. The fraction of sp³-hybridized carbons (Fsp3) is 0.200. The quantitative estimate of drug-likeness (QED) is 0.355. The summed E-state index contributed by atoms with van der Waals surface area (Å²) in [4.78, 5) is 32.0. The summed E-state index contributed by atoms with van der Waals surface area (Å²) in [5.74, 6) is 0. The molecule has 0 saturated heterocycles. The lowest BCUT2D eigenvalue weighted by Crippen LogP contribution is -2.07. The van der Waals surface area contributed by atoms with Gasteiger partial charge in [-0.15, -0.1) is 0 Å². The van der Waals surface area contributed by atoms with Crippen molar-refractivity contribution in [3.05, 3.63) is 65.8 Å². The Hall–Kier alpha value is -3.96. The molecule has 0 fully saturated rings. The third kappa shape index (κ3) is 4.56. The number of benzene rings is 1. The minimum Gasteiger partial charge on any atom is -0.504 e. The van der Waals surface area contributed by atoms with Crippen LogP contribution in [0.3, 0.4) is 0 Å². The predicted molar refractivity (Wildman–Crippen MR) is 94.5 cm³/mol. The maximum Gasteiger partial charge on any atom is 0.297 e. The number of rotatable bonds is 9. The lowest BCUT2D eigenvalue weighted by Gasteiger charge is -2.09. The summed E-state index contributed by atoms with van der Waals surface area (Å²) in [5, 5.41) is 34.8. The highest BCUT2D eigenvalue weighted by atomic mass is 16.6. The van der Waals surface area contributed by atoms with Crippen molar-refractivity contribution in [2.45, 2.75) is 0 Å². The molecule has 0 aliphatic heterocycles. The SMILES string of the molecule is CO/C=C/c1c([N+](=O)[O-])c(/C=C/OC)c([N+](=O)[O-])c(/C=C/OC)c1[N+](=O)[O-]. The Bertz CT molecular complexity index is 713. The van der Waals surface area contributed by atoms with Gasteiger partial charge in [0.2, 0.25) is 0 Å². The number of methoxy groups -OCH3 is 3. The molecule has 12 heteroatoms. The van der Waals surface area contributed by atoms with Crippen molar-refractivity contribution < 1.29 is 29.0 Å². The first kappa shape index (κ1) is 21.1. The van der Waals surface area contributed by atoms with Gasteiger partial charge in [-0.3, -0.25) is 30.3 Å². The summed E-state index contributed by atoms with van der Waals surface area (Å²) >= 11 is 0. The molecule has 1 rings (SSSR count). The number of hydrogen-bond donors (Lipinski definition) is 0. The third-order valence-electron chi connectivity index (χ3n) is 3.19. The van der Waals surface area contributed by atoms with Gasteiger partial charge in [-0.1, -0.05) is 0 Å². The molecule has 0 aromatic heterocycles.